The summed E-state index contributed by atoms with van der Waals surface area (Å²) < 4.78 is 5.85. The molecule has 3 aliphatic heterocycles. The van der Waals surface area contributed by atoms with Crippen LogP contribution < -0.4 is 20.4 Å². The number of aryl methyl sites for hydroxylation is 1. The number of amidine groups is 1. The van der Waals surface area contributed by atoms with Gasteiger partial charge in [0, 0.05) is 13.1 Å². The number of hydrazone groups is 1. The quantitative estimate of drug-likeness (QED) is 0.860. The van der Waals surface area contributed by atoms with Gasteiger partial charge in [0.1, 0.15) is 18.4 Å². The van der Waals surface area contributed by atoms with Crippen LogP contribution >= 0.6 is 0 Å². The number of hydrogen-bond donors (Lipinski definition) is 2. The molecule has 0 saturated carbocycles. The molecule has 1 fully saturated rings. The third kappa shape index (κ3) is 2.28. The Bertz CT molecular complexity index is 709. The van der Waals surface area contributed by atoms with Crippen LogP contribution in [-0.2, 0) is 11.2 Å². The number of nitrogens with zero attached hydrogens (tertiary/aromatic N) is 2. The Morgan fingerprint density at radius 2 is 2.22 bits per heavy atom. The molecule has 4 rings (SSSR count). The van der Waals surface area contributed by atoms with Crippen LogP contribution in [0.1, 0.15) is 25.0 Å². The van der Waals surface area contributed by atoms with Crippen molar-refractivity contribution in [2.24, 2.45) is 10.5 Å². The predicted octanol–water partition coefficient (Wildman–Crippen LogP) is 1.18. The number of fused-ring (bicyclic) bond motifs is 3. The van der Waals surface area contributed by atoms with Crippen LogP contribution in [0.4, 0.5) is 5.69 Å². The molecule has 3 aliphatic rings. The number of carbonyl (C=O) groups is 1. The van der Waals surface area contributed by atoms with E-state index in [1.807, 2.05) is 11.8 Å². The van der Waals surface area contributed by atoms with Crippen molar-refractivity contribution in [3.63, 3.8) is 0 Å². The second-order valence-electron chi connectivity index (χ2n) is 7.18. The van der Waals surface area contributed by atoms with E-state index in [-0.39, 0.29) is 11.9 Å². The molecule has 3 heterocycles. The van der Waals surface area contributed by atoms with Gasteiger partial charge in [0.15, 0.2) is 5.84 Å². The number of ether oxygens (including phenoxy) is 1. The minimum Gasteiger partial charge on any atom is -0.483 e. The molecule has 0 aliphatic carbocycles. The van der Waals surface area contributed by atoms with Gasteiger partial charge < -0.3 is 15.0 Å². The maximum absolute atomic E-state index is 12.0. The molecular weight excluding hydrogens is 292 g/mol. The number of carbonyl (C=O) groups excluding carboxylic acids is 1. The fraction of sp³-hybridized carbons (Fsp3) is 0.529. The Morgan fingerprint density at radius 1 is 1.43 bits per heavy atom. The highest BCUT2D eigenvalue weighted by atomic mass is 16.5. The van der Waals surface area contributed by atoms with Crippen LogP contribution in [0.2, 0.25) is 0 Å². The summed E-state index contributed by atoms with van der Waals surface area (Å²) in [5.74, 6) is 1.51. The Hall–Kier alpha value is -2.08. The van der Waals surface area contributed by atoms with Crippen LogP contribution in [0.3, 0.4) is 0 Å². The molecular formula is C17H22N4O2. The van der Waals surface area contributed by atoms with E-state index < -0.39 is 0 Å². The molecule has 0 radical (unpaired) electrons. The second kappa shape index (κ2) is 4.96. The summed E-state index contributed by atoms with van der Waals surface area (Å²) in [6, 6.07) is 4.00. The lowest BCUT2D eigenvalue weighted by molar-refractivity contribution is -0.122. The molecule has 2 N–H and O–H groups in total. The van der Waals surface area contributed by atoms with Crippen LogP contribution in [0.15, 0.2) is 17.2 Å². The van der Waals surface area contributed by atoms with Gasteiger partial charge in [0.25, 0.3) is 5.91 Å². The lowest BCUT2D eigenvalue weighted by Crippen LogP contribution is -2.55. The summed E-state index contributed by atoms with van der Waals surface area (Å²) in [5.41, 5.74) is 6.39. The highest BCUT2D eigenvalue weighted by molar-refractivity contribution is 6.09. The number of nitrogens with one attached hydrogen (secondary N) is 2. The normalized spacial score (nSPS) is 24.7. The summed E-state index contributed by atoms with van der Waals surface area (Å²) in [6.07, 6.45) is 1.03. The first-order valence-electron chi connectivity index (χ1n) is 8.10. The van der Waals surface area contributed by atoms with Gasteiger partial charge in [-0.2, -0.15) is 5.10 Å². The topological polar surface area (TPSA) is 66.0 Å². The van der Waals surface area contributed by atoms with Crippen molar-refractivity contribution in [1.82, 2.24) is 10.7 Å². The molecule has 0 spiro atoms. The SMILES string of the molecule is Cc1cc2c(cc1CC1(C)CNC1)N1C(=NNC(=O)[C@@H]1C)CO2. The van der Waals surface area contributed by atoms with Gasteiger partial charge >= 0.3 is 0 Å². The van der Waals surface area contributed by atoms with Gasteiger partial charge in [-0.05, 0) is 48.9 Å². The molecule has 6 nitrogen and oxygen atoms in total. The summed E-state index contributed by atoms with van der Waals surface area (Å²) in [4.78, 5) is 14.0. The molecule has 1 aromatic carbocycles. The Balaban J connectivity index is 1.75. The summed E-state index contributed by atoms with van der Waals surface area (Å²) >= 11 is 0. The van der Waals surface area contributed by atoms with Gasteiger partial charge in [-0.15, -0.1) is 0 Å². The first kappa shape index (κ1) is 14.5. The monoisotopic (exact) mass is 314 g/mol. The molecule has 1 aromatic rings. The standard InChI is InChI=1S/C17H22N4O2/c1-10-4-14-13(5-12(10)6-17(3)8-18-9-17)21-11(2)16(22)20-19-15(21)7-23-14/h4-5,11,18H,6-9H2,1-3H3,(H,20,22)/t11-/m0/s1. The number of amides is 1. The molecule has 1 atom stereocenters. The van der Waals surface area contributed by atoms with Crippen molar-refractivity contribution >= 4 is 17.4 Å². The number of anilines is 1. The van der Waals surface area contributed by atoms with E-state index in [1.54, 1.807) is 0 Å². The fourth-order valence-electron chi connectivity index (χ4n) is 3.54. The highest BCUT2D eigenvalue weighted by Gasteiger charge is 2.37. The average Bonchev–Trinajstić information content (AvgIpc) is 2.50. The fourth-order valence-corrected chi connectivity index (χ4v) is 3.54. The van der Waals surface area contributed by atoms with Gasteiger partial charge in [0.2, 0.25) is 0 Å². The molecule has 1 amide bonds. The minimum absolute atomic E-state index is 0.0844. The average molecular weight is 314 g/mol. The van der Waals surface area contributed by atoms with Gasteiger partial charge in [-0.3, -0.25) is 4.79 Å². The van der Waals surface area contributed by atoms with E-state index in [4.69, 9.17) is 4.74 Å². The number of benzene rings is 1. The molecule has 1 saturated heterocycles. The largest absolute Gasteiger partial charge is 0.483 e. The van der Waals surface area contributed by atoms with Crippen LogP contribution in [-0.4, -0.2) is 37.5 Å². The van der Waals surface area contributed by atoms with E-state index in [0.29, 0.717) is 12.0 Å². The van der Waals surface area contributed by atoms with Gasteiger partial charge in [0.05, 0.1) is 5.69 Å². The van der Waals surface area contributed by atoms with Crippen molar-refractivity contribution in [2.75, 3.05) is 24.6 Å². The van der Waals surface area contributed by atoms with Crippen molar-refractivity contribution in [1.29, 1.82) is 0 Å². The third-order valence-corrected chi connectivity index (χ3v) is 5.09. The van der Waals surface area contributed by atoms with Crippen molar-refractivity contribution in [3.05, 3.63) is 23.3 Å². The van der Waals surface area contributed by atoms with Crippen molar-refractivity contribution in [2.45, 2.75) is 33.2 Å². The Kier molecular flexibility index (Phi) is 3.13. The zero-order valence-corrected chi connectivity index (χ0v) is 13.8. The molecule has 0 bridgehead atoms. The van der Waals surface area contributed by atoms with E-state index in [0.717, 1.165) is 36.8 Å². The second-order valence-corrected chi connectivity index (χ2v) is 7.18. The van der Waals surface area contributed by atoms with E-state index >= 15 is 0 Å². The summed E-state index contributed by atoms with van der Waals surface area (Å²) in [6.45, 7) is 8.82. The van der Waals surface area contributed by atoms with Gasteiger partial charge in [-0.1, -0.05) is 6.92 Å². The van der Waals surface area contributed by atoms with E-state index in [1.165, 1.54) is 11.1 Å². The predicted molar refractivity (Wildman–Crippen MR) is 88.9 cm³/mol. The summed E-state index contributed by atoms with van der Waals surface area (Å²) in [5, 5.41) is 7.50. The zero-order valence-electron chi connectivity index (χ0n) is 13.8. The molecule has 23 heavy (non-hydrogen) atoms. The van der Waals surface area contributed by atoms with Crippen molar-refractivity contribution < 1.29 is 9.53 Å². The first-order chi connectivity index (χ1) is 11.0. The maximum Gasteiger partial charge on any atom is 0.262 e. The van der Waals surface area contributed by atoms with Gasteiger partial charge in [-0.25, -0.2) is 5.43 Å². The van der Waals surface area contributed by atoms with E-state index in [9.17, 15) is 4.79 Å². The molecule has 122 valence electrons. The smallest absolute Gasteiger partial charge is 0.262 e. The van der Waals surface area contributed by atoms with E-state index in [2.05, 4.69) is 41.8 Å². The highest BCUT2D eigenvalue weighted by Crippen LogP contribution is 2.39. The molecule has 0 unspecified atom stereocenters. The number of rotatable bonds is 2. The molecule has 6 heteroatoms. The van der Waals surface area contributed by atoms with Crippen LogP contribution in [0.25, 0.3) is 0 Å². The lowest BCUT2D eigenvalue weighted by Gasteiger charge is -2.41. The lowest BCUT2D eigenvalue weighted by atomic mass is 9.77. The van der Waals surface area contributed by atoms with Crippen LogP contribution in [0, 0.1) is 12.3 Å². The van der Waals surface area contributed by atoms with Crippen molar-refractivity contribution in [3.8, 4) is 5.75 Å². The minimum atomic E-state index is -0.276. The Labute approximate surface area is 135 Å². The zero-order chi connectivity index (χ0) is 16.2. The third-order valence-electron chi connectivity index (χ3n) is 5.09. The Morgan fingerprint density at radius 3 is 2.91 bits per heavy atom. The maximum atomic E-state index is 12.0. The first-order valence-corrected chi connectivity index (χ1v) is 8.10. The molecule has 0 aromatic heterocycles. The van der Waals surface area contributed by atoms with Crippen LogP contribution in [0.5, 0.6) is 5.75 Å². The number of hydrogen-bond acceptors (Lipinski definition) is 5. The summed E-state index contributed by atoms with van der Waals surface area (Å²) in [7, 11) is 0.